The molecule has 0 aliphatic carbocycles. The molecule has 0 atom stereocenters. The summed E-state index contributed by atoms with van der Waals surface area (Å²) in [5.74, 6) is 0.116. The van der Waals surface area contributed by atoms with Crippen molar-refractivity contribution in [2.75, 3.05) is 7.11 Å². The van der Waals surface area contributed by atoms with Crippen LogP contribution < -0.4 is 9.46 Å². The highest BCUT2D eigenvalue weighted by molar-refractivity contribution is 7.90. The van der Waals surface area contributed by atoms with Crippen LogP contribution in [0, 0.1) is 6.92 Å². The molecular weight excluding hydrogens is 340 g/mol. The molecule has 6 nitrogen and oxygen atoms in total. The van der Waals surface area contributed by atoms with E-state index in [-0.39, 0.29) is 11.4 Å². The molecule has 0 radical (unpaired) electrons. The monoisotopic (exact) mass is 358 g/mol. The van der Waals surface area contributed by atoms with Crippen LogP contribution >= 0.6 is 0 Å². The number of aryl methyl sites for hydroxylation is 1. The van der Waals surface area contributed by atoms with E-state index in [4.69, 9.17) is 4.74 Å². The molecule has 1 amide bonds. The van der Waals surface area contributed by atoms with Gasteiger partial charge in [0.1, 0.15) is 12.3 Å². The zero-order valence-corrected chi connectivity index (χ0v) is 14.7. The molecule has 0 saturated heterocycles. The van der Waals surface area contributed by atoms with E-state index in [2.05, 4.69) is 4.72 Å². The number of hydrogen-bond acceptors (Lipinski definition) is 4. The SMILES string of the molecule is COc1ccc2c(ccn2CC(=O)NS(=O)(=O)c2ccc(C)cc2)c1. The Kier molecular flexibility index (Phi) is 4.50. The predicted octanol–water partition coefficient (Wildman–Crippen LogP) is 2.46. The van der Waals surface area contributed by atoms with Crippen molar-refractivity contribution in [3.63, 3.8) is 0 Å². The van der Waals surface area contributed by atoms with Gasteiger partial charge in [-0.15, -0.1) is 0 Å². The molecule has 25 heavy (non-hydrogen) atoms. The molecule has 0 aliphatic heterocycles. The van der Waals surface area contributed by atoms with Crippen LogP contribution in [0.2, 0.25) is 0 Å². The van der Waals surface area contributed by atoms with Crippen LogP contribution in [0.5, 0.6) is 5.75 Å². The average molecular weight is 358 g/mol. The van der Waals surface area contributed by atoms with Crippen molar-refractivity contribution in [1.82, 2.24) is 9.29 Å². The molecule has 130 valence electrons. The Morgan fingerprint density at radius 2 is 1.84 bits per heavy atom. The van der Waals surface area contributed by atoms with Crippen molar-refractivity contribution < 1.29 is 17.9 Å². The van der Waals surface area contributed by atoms with E-state index in [0.717, 1.165) is 22.2 Å². The van der Waals surface area contributed by atoms with Gasteiger partial charge in [-0.1, -0.05) is 17.7 Å². The van der Waals surface area contributed by atoms with Gasteiger partial charge in [0.25, 0.3) is 15.9 Å². The third-order valence-corrected chi connectivity index (χ3v) is 5.26. The third-order valence-electron chi connectivity index (χ3n) is 3.87. The maximum atomic E-state index is 12.3. The van der Waals surface area contributed by atoms with Crippen LogP contribution in [0.1, 0.15) is 5.56 Å². The number of aromatic nitrogens is 1. The van der Waals surface area contributed by atoms with Crippen LogP contribution in [-0.2, 0) is 21.4 Å². The first-order valence-corrected chi connectivity index (χ1v) is 9.12. The van der Waals surface area contributed by atoms with Gasteiger partial charge in [-0.2, -0.15) is 0 Å². The predicted molar refractivity (Wildman–Crippen MR) is 95.0 cm³/mol. The first-order chi connectivity index (χ1) is 11.9. The van der Waals surface area contributed by atoms with Crippen molar-refractivity contribution in [1.29, 1.82) is 0 Å². The molecular formula is C18H18N2O4S. The highest BCUT2D eigenvalue weighted by atomic mass is 32.2. The molecule has 0 unspecified atom stereocenters. The van der Waals surface area contributed by atoms with E-state index < -0.39 is 15.9 Å². The standard InChI is InChI=1S/C18H18N2O4S/c1-13-3-6-16(7-4-13)25(22,23)19-18(21)12-20-10-9-14-11-15(24-2)5-8-17(14)20/h3-11H,12H2,1-2H3,(H,19,21). The number of sulfonamides is 1. The fourth-order valence-corrected chi connectivity index (χ4v) is 3.53. The first-order valence-electron chi connectivity index (χ1n) is 7.64. The minimum Gasteiger partial charge on any atom is -0.497 e. The number of rotatable bonds is 5. The second-order valence-electron chi connectivity index (χ2n) is 5.71. The second-order valence-corrected chi connectivity index (χ2v) is 7.39. The molecule has 0 saturated carbocycles. The van der Waals surface area contributed by atoms with Crippen LogP contribution in [0.4, 0.5) is 0 Å². The summed E-state index contributed by atoms with van der Waals surface area (Å²) in [5, 5.41) is 0.911. The minimum atomic E-state index is -3.88. The number of nitrogens with one attached hydrogen (secondary N) is 1. The molecule has 7 heteroatoms. The summed E-state index contributed by atoms with van der Waals surface area (Å²) in [6.07, 6.45) is 1.74. The molecule has 2 aromatic carbocycles. The lowest BCUT2D eigenvalue weighted by Crippen LogP contribution is -2.33. The Morgan fingerprint density at radius 1 is 1.12 bits per heavy atom. The largest absolute Gasteiger partial charge is 0.497 e. The Morgan fingerprint density at radius 3 is 2.52 bits per heavy atom. The van der Waals surface area contributed by atoms with E-state index in [1.807, 2.05) is 25.1 Å². The highest BCUT2D eigenvalue weighted by Gasteiger charge is 2.18. The number of carbonyl (C=O) groups is 1. The van der Waals surface area contributed by atoms with Gasteiger partial charge in [0.15, 0.2) is 0 Å². The van der Waals surface area contributed by atoms with Crippen molar-refractivity contribution in [3.05, 3.63) is 60.3 Å². The van der Waals surface area contributed by atoms with Gasteiger partial charge in [0.2, 0.25) is 0 Å². The van der Waals surface area contributed by atoms with Crippen molar-refractivity contribution >= 4 is 26.8 Å². The van der Waals surface area contributed by atoms with Gasteiger partial charge >= 0.3 is 0 Å². The van der Waals surface area contributed by atoms with Crippen molar-refractivity contribution in [2.45, 2.75) is 18.4 Å². The molecule has 1 aromatic heterocycles. The van der Waals surface area contributed by atoms with Crippen molar-refractivity contribution in [3.8, 4) is 5.75 Å². The van der Waals surface area contributed by atoms with Gasteiger partial charge in [-0.05, 0) is 43.3 Å². The number of hydrogen-bond donors (Lipinski definition) is 1. The maximum absolute atomic E-state index is 12.3. The van der Waals surface area contributed by atoms with Gasteiger partial charge in [0.05, 0.1) is 12.0 Å². The molecule has 0 spiro atoms. The normalized spacial score (nSPS) is 11.4. The number of benzene rings is 2. The van der Waals surface area contributed by atoms with Gasteiger partial charge in [-0.25, -0.2) is 13.1 Å². The number of amides is 1. The zero-order valence-electron chi connectivity index (χ0n) is 13.9. The van der Waals surface area contributed by atoms with E-state index in [0.29, 0.717) is 0 Å². The number of carbonyl (C=O) groups excluding carboxylic acids is 1. The minimum absolute atomic E-state index is 0.0635. The Labute approximate surface area is 146 Å². The smallest absolute Gasteiger partial charge is 0.264 e. The van der Waals surface area contributed by atoms with Crippen LogP contribution in [-0.4, -0.2) is 26.0 Å². The average Bonchev–Trinajstić information content (AvgIpc) is 2.96. The fourth-order valence-electron chi connectivity index (χ4n) is 2.56. The summed E-state index contributed by atoms with van der Waals surface area (Å²) in [6, 6.07) is 13.6. The zero-order chi connectivity index (χ0) is 18.0. The van der Waals surface area contributed by atoms with Gasteiger partial charge in [-0.3, -0.25) is 4.79 Å². The lowest BCUT2D eigenvalue weighted by Gasteiger charge is -2.09. The summed E-state index contributed by atoms with van der Waals surface area (Å²) < 4.78 is 33.5. The molecule has 1 N–H and O–H groups in total. The molecule has 3 aromatic rings. The Hall–Kier alpha value is -2.80. The molecule has 0 fully saturated rings. The topological polar surface area (TPSA) is 77.4 Å². The van der Waals surface area contributed by atoms with Crippen LogP contribution in [0.15, 0.2) is 59.6 Å². The summed E-state index contributed by atoms with van der Waals surface area (Å²) in [7, 11) is -2.29. The van der Waals surface area contributed by atoms with E-state index in [9.17, 15) is 13.2 Å². The summed E-state index contributed by atoms with van der Waals surface area (Å²) in [6.45, 7) is 1.77. The lowest BCUT2D eigenvalue weighted by atomic mass is 10.2. The Bertz CT molecular complexity index is 1020. The highest BCUT2D eigenvalue weighted by Crippen LogP contribution is 2.21. The fraction of sp³-hybridized carbons (Fsp3) is 0.167. The van der Waals surface area contributed by atoms with Gasteiger partial charge < -0.3 is 9.30 Å². The molecule has 1 heterocycles. The summed E-state index contributed by atoms with van der Waals surface area (Å²) in [5.41, 5.74) is 1.77. The van der Waals surface area contributed by atoms with E-state index in [1.165, 1.54) is 12.1 Å². The summed E-state index contributed by atoms with van der Waals surface area (Å²) in [4.78, 5) is 12.3. The van der Waals surface area contributed by atoms with E-state index >= 15 is 0 Å². The van der Waals surface area contributed by atoms with Crippen LogP contribution in [0.3, 0.4) is 0 Å². The number of nitrogens with zero attached hydrogens (tertiary/aromatic N) is 1. The van der Waals surface area contributed by atoms with Crippen molar-refractivity contribution in [2.24, 2.45) is 0 Å². The van der Waals surface area contributed by atoms with E-state index in [1.54, 1.807) is 36.1 Å². The molecule has 3 rings (SSSR count). The summed E-state index contributed by atoms with van der Waals surface area (Å²) >= 11 is 0. The first kappa shape index (κ1) is 17.0. The second kappa shape index (κ2) is 6.60. The Balaban J connectivity index is 1.77. The third kappa shape index (κ3) is 3.66. The van der Waals surface area contributed by atoms with Gasteiger partial charge in [0, 0.05) is 17.1 Å². The lowest BCUT2D eigenvalue weighted by molar-refractivity contribution is -0.119. The molecule has 0 bridgehead atoms. The molecule has 0 aliphatic rings. The maximum Gasteiger partial charge on any atom is 0.264 e. The number of ether oxygens (including phenoxy) is 1. The number of fused-ring (bicyclic) bond motifs is 1. The number of methoxy groups -OCH3 is 1. The van der Waals surface area contributed by atoms with Crippen LogP contribution in [0.25, 0.3) is 10.9 Å². The quantitative estimate of drug-likeness (QED) is 0.760.